The molecule has 6 heteroatoms. The van der Waals surface area contributed by atoms with Crippen molar-refractivity contribution in [3.63, 3.8) is 0 Å². The fourth-order valence-corrected chi connectivity index (χ4v) is 1.67. The highest BCUT2D eigenvalue weighted by molar-refractivity contribution is 5.84. The summed E-state index contributed by atoms with van der Waals surface area (Å²) in [6.45, 7) is 7.91. The van der Waals surface area contributed by atoms with Crippen molar-refractivity contribution in [3.8, 4) is 0 Å². The van der Waals surface area contributed by atoms with E-state index in [0.29, 0.717) is 13.1 Å². The highest BCUT2D eigenvalue weighted by Gasteiger charge is 2.45. The third-order valence-corrected chi connectivity index (χ3v) is 2.65. The molecular weight excluding hydrogens is 224 g/mol. The number of carboxylic acids is 1. The van der Waals surface area contributed by atoms with Crippen molar-refractivity contribution in [1.82, 2.24) is 10.2 Å². The van der Waals surface area contributed by atoms with Crippen LogP contribution in [0.4, 0.5) is 4.79 Å². The molecule has 0 bridgehead atoms. The number of piperazine rings is 1. The number of carbonyl (C=O) groups is 2. The number of hydrogen-bond acceptors (Lipinski definition) is 4. The summed E-state index contributed by atoms with van der Waals surface area (Å²) >= 11 is 0. The van der Waals surface area contributed by atoms with E-state index >= 15 is 0 Å². The lowest BCUT2D eigenvalue weighted by Gasteiger charge is -2.42. The van der Waals surface area contributed by atoms with Crippen LogP contribution in [-0.2, 0) is 9.53 Å². The summed E-state index contributed by atoms with van der Waals surface area (Å²) in [5.74, 6) is -1.03. The Balaban J connectivity index is 2.86. The Morgan fingerprint density at radius 1 is 1.41 bits per heavy atom. The average Bonchev–Trinajstić information content (AvgIpc) is 2.15. The molecule has 1 aliphatic heterocycles. The Morgan fingerprint density at radius 3 is 2.47 bits per heavy atom. The van der Waals surface area contributed by atoms with E-state index in [4.69, 9.17) is 4.74 Å². The highest BCUT2D eigenvalue weighted by Crippen LogP contribution is 2.21. The van der Waals surface area contributed by atoms with Crippen LogP contribution in [0.25, 0.3) is 0 Å². The van der Waals surface area contributed by atoms with Gasteiger partial charge in [0.2, 0.25) is 0 Å². The minimum Gasteiger partial charge on any atom is -0.479 e. The number of carbonyl (C=O) groups excluding carboxylic acids is 1. The molecule has 0 spiro atoms. The van der Waals surface area contributed by atoms with Gasteiger partial charge in [-0.2, -0.15) is 0 Å². The van der Waals surface area contributed by atoms with Crippen molar-refractivity contribution in [3.05, 3.63) is 0 Å². The first-order chi connectivity index (χ1) is 7.67. The second-order valence-corrected chi connectivity index (χ2v) is 5.39. The summed E-state index contributed by atoms with van der Waals surface area (Å²) in [5.41, 5.74) is -1.87. The van der Waals surface area contributed by atoms with E-state index in [9.17, 15) is 14.7 Å². The van der Waals surface area contributed by atoms with Crippen molar-refractivity contribution in [2.45, 2.75) is 38.8 Å². The number of ether oxygens (including phenoxy) is 1. The molecule has 1 saturated heterocycles. The van der Waals surface area contributed by atoms with Crippen LogP contribution in [0.3, 0.4) is 0 Å². The number of aliphatic carboxylic acids is 1. The van der Waals surface area contributed by atoms with Crippen molar-refractivity contribution in [1.29, 1.82) is 0 Å². The zero-order valence-electron chi connectivity index (χ0n) is 10.7. The minimum atomic E-state index is -1.25. The normalized spacial score (nSPS) is 25.5. The summed E-state index contributed by atoms with van der Waals surface area (Å²) < 4.78 is 5.22. The maximum absolute atomic E-state index is 11.9. The summed E-state index contributed by atoms with van der Waals surface area (Å²) in [6, 6.07) is 0. The first-order valence-electron chi connectivity index (χ1n) is 5.61. The van der Waals surface area contributed by atoms with Gasteiger partial charge in [-0.25, -0.2) is 9.59 Å². The van der Waals surface area contributed by atoms with Gasteiger partial charge >= 0.3 is 12.1 Å². The van der Waals surface area contributed by atoms with E-state index < -0.39 is 23.2 Å². The molecule has 0 radical (unpaired) electrons. The first-order valence-corrected chi connectivity index (χ1v) is 5.61. The Kier molecular flexibility index (Phi) is 3.66. The molecular formula is C11H20N2O4. The van der Waals surface area contributed by atoms with E-state index in [1.807, 2.05) is 0 Å². The summed E-state index contributed by atoms with van der Waals surface area (Å²) in [5, 5.41) is 12.2. The molecule has 0 aromatic rings. The van der Waals surface area contributed by atoms with Gasteiger partial charge in [-0.15, -0.1) is 0 Å². The minimum absolute atomic E-state index is 0.224. The third kappa shape index (κ3) is 3.09. The van der Waals surface area contributed by atoms with E-state index in [1.165, 1.54) is 11.8 Å². The molecule has 98 valence electrons. The Labute approximate surface area is 101 Å². The van der Waals surface area contributed by atoms with Gasteiger partial charge in [-0.1, -0.05) is 0 Å². The van der Waals surface area contributed by atoms with Crippen molar-refractivity contribution in [2.24, 2.45) is 0 Å². The molecule has 1 fully saturated rings. The monoisotopic (exact) mass is 244 g/mol. The molecule has 1 heterocycles. The fraction of sp³-hybridized carbons (Fsp3) is 0.818. The maximum Gasteiger partial charge on any atom is 0.411 e. The molecule has 0 unspecified atom stereocenters. The molecule has 0 aromatic carbocycles. The molecule has 17 heavy (non-hydrogen) atoms. The Morgan fingerprint density at radius 2 is 2.00 bits per heavy atom. The van der Waals surface area contributed by atoms with E-state index in [1.54, 1.807) is 20.8 Å². The van der Waals surface area contributed by atoms with Crippen LogP contribution in [0.1, 0.15) is 27.7 Å². The summed E-state index contributed by atoms with van der Waals surface area (Å²) in [4.78, 5) is 24.5. The van der Waals surface area contributed by atoms with Gasteiger partial charge < -0.3 is 15.2 Å². The molecule has 1 atom stereocenters. The third-order valence-electron chi connectivity index (χ3n) is 2.65. The zero-order chi connectivity index (χ0) is 13.3. The van der Waals surface area contributed by atoms with E-state index in [0.717, 1.165) is 0 Å². The fourth-order valence-electron chi connectivity index (χ4n) is 1.67. The SMILES string of the molecule is CC(C)(C)OC(=O)N1CCNC[C@@]1(C)C(=O)O. The van der Waals surface area contributed by atoms with Crippen LogP contribution in [0.2, 0.25) is 0 Å². The number of carboxylic acid groups (broad SMARTS) is 1. The van der Waals surface area contributed by atoms with Gasteiger partial charge in [0.05, 0.1) is 0 Å². The smallest absolute Gasteiger partial charge is 0.411 e. The van der Waals surface area contributed by atoms with Crippen molar-refractivity contribution >= 4 is 12.1 Å². The van der Waals surface area contributed by atoms with Gasteiger partial charge in [0, 0.05) is 19.6 Å². The van der Waals surface area contributed by atoms with Crippen LogP contribution in [0.15, 0.2) is 0 Å². The van der Waals surface area contributed by atoms with Gasteiger partial charge in [-0.05, 0) is 27.7 Å². The average molecular weight is 244 g/mol. The van der Waals surface area contributed by atoms with E-state index in [-0.39, 0.29) is 6.54 Å². The van der Waals surface area contributed by atoms with Gasteiger partial charge in [0.1, 0.15) is 5.60 Å². The van der Waals surface area contributed by atoms with Crippen molar-refractivity contribution in [2.75, 3.05) is 19.6 Å². The lowest BCUT2D eigenvalue weighted by Crippen LogP contribution is -2.65. The predicted molar refractivity (Wildman–Crippen MR) is 61.9 cm³/mol. The standard InChI is InChI=1S/C11H20N2O4/c1-10(2,3)17-9(16)13-6-5-12-7-11(13,4)8(14)15/h12H,5-7H2,1-4H3,(H,14,15)/t11-/m0/s1. The summed E-state index contributed by atoms with van der Waals surface area (Å²) in [7, 11) is 0. The Bertz CT molecular complexity index is 324. The van der Waals surface area contributed by atoms with Crippen LogP contribution in [0, 0.1) is 0 Å². The van der Waals surface area contributed by atoms with Gasteiger partial charge in [-0.3, -0.25) is 4.90 Å². The number of nitrogens with one attached hydrogen (secondary N) is 1. The number of nitrogens with zero attached hydrogens (tertiary/aromatic N) is 1. The van der Waals surface area contributed by atoms with Gasteiger partial charge in [0.25, 0.3) is 0 Å². The molecule has 1 amide bonds. The highest BCUT2D eigenvalue weighted by atomic mass is 16.6. The molecule has 0 aliphatic carbocycles. The number of rotatable bonds is 1. The zero-order valence-corrected chi connectivity index (χ0v) is 10.7. The van der Waals surface area contributed by atoms with Gasteiger partial charge in [0.15, 0.2) is 5.54 Å². The van der Waals surface area contributed by atoms with Crippen LogP contribution in [0.5, 0.6) is 0 Å². The molecule has 1 rings (SSSR count). The lowest BCUT2D eigenvalue weighted by atomic mass is 9.98. The van der Waals surface area contributed by atoms with E-state index in [2.05, 4.69) is 5.32 Å². The number of hydrogen-bond donors (Lipinski definition) is 2. The largest absolute Gasteiger partial charge is 0.479 e. The second-order valence-electron chi connectivity index (χ2n) is 5.39. The quantitative estimate of drug-likeness (QED) is 0.708. The van der Waals surface area contributed by atoms with Crippen molar-refractivity contribution < 1.29 is 19.4 Å². The molecule has 2 N–H and O–H groups in total. The topological polar surface area (TPSA) is 78.9 Å². The number of amides is 1. The molecule has 0 aromatic heterocycles. The molecule has 0 saturated carbocycles. The second kappa shape index (κ2) is 4.52. The Hall–Kier alpha value is -1.30. The lowest BCUT2D eigenvalue weighted by molar-refractivity contribution is -0.151. The summed E-state index contributed by atoms with van der Waals surface area (Å²) in [6.07, 6.45) is -0.580. The predicted octanol–water partition coefficient (Wildman–Crippen LogP) is 0.670. The van der Waals surface area contributed by atoms with Crippen LogP contribution >= 0.6 is 0 Å². The molecule has 6 nitrogen and oxygen atoms in total. The van der Waals surface area contributed by atoms with Crippen LogP contribution < -0.4 is 5.32 Å². The molecule has 1 aliphatic rings. The van der Waals surface area contributed by atoms with Crippen LogP contribution in [-0.4, -0.2) is 52.8 Å². The first kappa shape index (κ1) is 13.8. The maximum atomic E-state index is 11.9.